The lowest BCUT2D eigenvalue weighted by atomic mass is 10.2. The van der Waals surface area contributed by atoms with Gasteiger partial charge in [-0.3, -0.25) is 4.79 Å². The average molecular weight is 219 g/mol. The molecule has 1 aromatic carbocycles. The Bertz CT molecular complexity index is 505. The van der Waals surface area contributed by atoms with Crippen molar-refractivity contribution in [1.29, 1.82) is 0 Å². The van der Waals surface area contributed by atoms with Crippen molar-refractivity contribution in [3.63, 3.8) is 0 Å². The summed E-state index contributed by atoms with van der Waals surface area (Å²) in [5, 5.41) is 2.75. The van der Waals surface area contributed by atoms with Gasteiger partial charge in [0.15, 0.2) is 12.0 Å². The number of fused-ring (bicyclic) bond motifs is 1. The molecule has 1 atom stereocenters. The maximum absolute atomic E-state index is 11.5. The number of hydrogen-bond acceptors (Lipinski definition) is 4. The van der Waals surface area contributed by atoms with E-state index in [0.29, 0.717) is 17.7 Å². The fourth-order valence-corrected chi connectivity index (χ4v) is 1.44. The molecule has 0 saturated heterocycles. The van der Waals surface area contributed by atoms with Crippen LogP contribution in [-0.2, 0) is 4.79 Å². The van der Waals surface area contributed by atoms with E-state index >= 15 is 0 Å². The van der Waals surface area contributed by atoms with Gasteiger partial charge in [-0.15, -0.1) is 0 Å². The second-order valence-electron chi connectivity index (χ2n) is 3.76. The Labute approximate surface area is 92.6 Å². The van der Waals surface area contributed by atoms with E-state index in [-0.39, 0.29) is 11.9 Å². The van der Waals surface area contributed by atoms with Gasteiger partial charge in [-0.1, -0.05) is 0 Å². The highest BCUT2D eigenvalue weighted by Crippen LogP contribution is 2.17. The molecular weight excluding hydrogens is 206 g/mol. The lowest BCUT2D eigenvalue weighted by molar-refractivity contribution is -0.116. The van der Waals surface area contributed by atoms with E-state index in [4.69, 9.17) is 10.2 Å². The van der Waals surface area contributed by atoms with Crippen molar-refractivity contribution in [1.82, 2.24) is 4.98 Å². The summed E-state index contributed by atoms with van der Waals surface area (Å²) in [4.78, 5) is 15.4. The molecule has 16 heavy (non-hydrogen) atoms. The summed E-state index contributed by atoms with van der Waals surface area (Å²) in [5.41, 5.74) is 7.64. The number of nitrogens with one attached hydrogen (secondary N) is 1. The van der Waals surface area contributed by atoms with Crippen LogP contribution in [0.15, 0.2) is 29.0 Å². The van der Waals surface area contributed by atoms with Crippen molar-refractivity contribution >= 4 is 22.7 Å². The van der Waals surface area contributed by atoms with Crippen molar-refractivity contribution in [3.05, 3.63) is 24.6 Å². The Morgan fingerprint density at radius 3 is 3.19 bits per heavy atom. The number of rotatable bonds is 3. The largest absolute Gasteiger partial charge is 0.443 e. The number of carbonyl (C=O) groups excluding carboxylic acids is 1. The van der Waals surface area contributed by atoms with E-state index in [1.165, 1.54) is 6.39 Å². The van der Waals surface area contributed by atoms with Gasteiger partial charge in [0.25, 0.3) is 0 Å². The van der Waals surface area contributed by atoms with Crippen LogP contribution in [-0.4, -0.2) is 16.9 Å². The van der Waals surface area contributed by atoms with Gasteiger partial charge in [-0.25, -0.2) is 4.98 Å². The molecule has 0 spiro atoms. The lowest BCUT2D eigenvalue weighted by Gasteiger charge is -2.06. The Morgan fingerprint density at radius 2 is 2.44 bits per heavy atom. The molecule has 0 fully saturated rings. The molecule has 1 heterocycles. The fourth-order valence-electron chi connectivity index (χ4n) is 1.44. The van der Waals surface area contributed by atoms with Crippen LogP contribution in [0.1, 0.15) is 13.3 Å². The number of aromatic nitrogens is 1. The maximum Gasteiger partial charge on any atom is 0.225 e. The Hall–Kier alpha value is -1.88. The fraction of sp³-hybridized carbons (Fsp3) is 0.273. The maximum atomic E-state index is 11.5. The first-order chi connectivity index (χ1) is 7.65. The number of benzene rings is 1. The van der Waals surface area contributed by atoms with Gasteiger partial charge in [0.2, 0.25) is 5.91 Å². The highest BCUT2D eigenvalue weighted by atomic mass is 16.3. The third kappa shape index (κ3) is 2.38. The van der Waals surface area contributed by atoms with Gasteiger partial charge in [0, 0.05) is 24.2 Å². The van der Waals surface area contributed by atoms with Crippen LogP contribution < -0.4 is 11.1 Å². The molecule has 3 N–H and O–H groups in total. The van der Waals surface area contributed by atoms with Crippen molar-refractivity contribution in [2.45, 2.75) is 19.4 Å². The number of amides is 1. The highest BCUT2D eigenvalue weighted by molar-refractivity contribution is 5.92. The summed E-state index contributed by atoms with van der Waals surface area (Å²) in [6.45, 7) is 1.79. The number of hydrogen-bond donors (Lipinski definition) is 2. The number of anilines is 1. The number of nitrogens with zero attached hydrogens (tertiary/aromatic N) is 1. The molecule has 2 rings (SSSR count). The van der Waals surface area contributed by atoms with Crippen molar-refractivity contribution in [2.24, 2.45) is 5.73 Å². The number of nitrogens with two attached hydrogens (primary N) is 1. The molecule has 5 nitrogen and oxygen atoms in total. The normalized spacial score (nSPS) is 12.6. The first-order valence-corrected chi connectivity index (χ1v) is 5.04. The molecule has 0 bridgehead atoms. The molecule has 2 aromatic rings. The third-order valence-electron chi connectivity index (χ3n) is 2.12. The first-order valence-electron chi connectivity index (χ1n) is 5.04. The topological polar surface area (TPSA) is 81.2 Å². The predicted octanol–water partition coefficient (Wildman–Crippen LogP) is 1.50. The third-order valence-corrected chi connectivity index (χ3v) is 2.12. The van der Waals surface area contributed by atoms with Crippen LogP contribution in [0.2, 0.25) is 0 Å². The Morgan fingerprint density at radius 1 is 1.62 bits per heavy atom. The highest BCUT2D eigenvalue weighted by Gasteiger charge is 2.06. The van der Waals surface area contributed by atoms with Crippen LogP contribution in [0, 0.1) is 0 Å². The zero-order chi connectivity index (χ0) is 11.5. The van der Waals surface area contributed by atoms with E-state index in [2.05, 4.69) is 10.3 Å². The molecule has 0 saturated carbocycles. The molecular formula is C11H13N3O2. The molecule has 1 amide bonds. The Balaban J connectivity index is 2.11. The second kappa shape index (κ2) is 4.32. The smallest absolute Gasteiger partial charge is 0.225 e. The van der Waals surface area contributed by atoms with Crippen LogP contribution in [0.25, 0.3) is 11.1 Å². The molecule has 5 heteroatoms. The SMILES string of the molecule is CC(N)CC(=O)Nc1ccc2ncoc2c1. The van der Waals surface area contributed by atoms with Gasteiger partial charge in [-0.2, -0.15) is 0 Å². The van der Waals surface area contributed by atoms with Crippen LogP contribution >= 0.6 is 0 Å². The van der Waals surface area contributed by atoms with Crippen LogP contribution in [0.4, 0.5) is 5.69 Å². The number of oxazole rings is 1. The van der Waals surface area contributed by atoms with Gasteiger partial charge in [0.1, 0.15) is 5.52 Å². The molecule has 0 aliphatic heterocycles. The van der Waals surface area contributed by atoms with E-state index in [1.54, 1.807) is 25.1 Å². The van der Waals surface area contributed by atoms with Crippen LogP contribution in [0.5, 0.6) is 0 Å². The van der Waals surface area contributed by atoms with Gasteiger partial charge >= 0.3 is 0 Å². The standard InChI is InChI=1S/C11H13N3O2/c1-7(12)4-11(15)14-8-2-3-9-10(5-8)16-6-13-9/h2-3,5-7H,4,12H2,1H3,(H,14,15). The summed E-state index contributed by atoms with van der Waals surface area (Å²) in [5.74, 6) is -0.103. The van der Waals surface area contributed by atoms with Crippen molar-refractivity contribution in [3.8, 4) is 0 Å². The molecule has 0 radical (unpaired) electrons. The van der Waals surface area contributed by atoms with Crippen molar-refractivity contribution < 1.29 is 9.21 Å². The van der Waals surface area contributed by atoms with Crippen molar-refractivity contribution in [2.75, 3.05) is 5.32 Å². The Kier molecular flexibility index (Phi) is 2.87. The predicted molar refractivity (Wildman–Crippen MR) is 60.9 cm³/mol. The molecule has 0 aliphatic rings. The van der Waals surface area contributed by atoms with Gasteiger partial charge < -0.3 is 15.5 Å². The average Bonchev–Trinajstić information content (AvgIpc) is 2.63. The van der Waals surface area contributed by atoms with E-state index in [0.717, 1.165) is 5.52 Å². The number of carbonyl (C=O) groups is 1. The van der Waals surface area contributed by atoms with Gasteiger partial charge in [-0.05, 0) is 19.1 Å². The molecule has 1 aromatic heterocycles. The summed E-state index contributed by atoms with van der Waals surface area (Å²) < 4.78 is 5.13. The minimum absolute atomic E-state index is 0.103. The lowest BCUT2D eigenvalue weighted by Crippen LogP contribution is -2.23. The minimum Gasteiger partial charge on any atom is -0.443 e. The summed E-state index contributed by atoms with van der Waals surface area (Å²) in [6.07, 6.45) is 1.67. The summed E-state index contributed by atoms with van der Waals surface area (Å²) >= 11 is 0. The molecule has 1 unspecified atom stereocenters. The first kappa shape index (κ1) is 10.6. The zero-order valence-electron chi connectivity index (χ0n) is 8.93. The molecule has 0 aliphatic carbocycles. The van der Waals surface area contributed by atoms with E-state index < -0.39 is 0 Å². The quantitative estimate of drug-likeness (QED) is 0.819. The summed E-state index contributed by atoms with van der Waals surface area (Å²) in [6, 6.07) is 5.17. The van der Waals surface area contributed by atoms with E-state index in [1.807, 2.05) is 0 Å². The van der Waals surface area contributed by atoms with Gasteiger partial charge in [0.05, 0.1) is 0 Å². The second-order valence-corrected chi connectivity index (χ2v) is 3.76. The zero-order valence-corrected chi connectivity index (χ0v) is 8.93. The summed E-state index contributed by atoms with van der Waals surface area (Å²) in [7, 11) is 0. The molecule has 84 valence electrons. The van der Waals surface area contributed by atoms with E-state index in [9.17, 15) is 4.79 Å². The monoisotopic (exact) mass is 219 g/mol. The minimum atomic E-state index is -0.144. The van der Waals surface area contributed by atoms with Crippen LogP contribution in [0.3, 0.4) is 0 Å².